The molecule has 0 atom stereocenters. The molecule has 5 nitrogen and oxygen atoms in total. The normalized spacial score (nSPS) is 11.3. The van der Waals surface area contributed by atoms with Gasteiger partial charge in [-0.25, -0.2) is 13.4 Å². The van der Waals surface area contributed by atoms with Crippen LogP contribution in [0.1, 0.15) is 32.3 Å². The van der Waals surface area contributed by atoms with Crippen molar-refractivity contribution < 1.29 is 8.42 Å². The first-order chi connectivity index (χ1) is 12.0. The monoisotopic (exact) mass is 361 g/mol. The number of pyridine rings is 1. The first kappa shape index (κ1) is 19.2. The topological polar surface area (TPSA) is 62.3 Å². The number of rotatable bonds is 10. The fraction of sp³-hybridized carbons (Fsp3) is 0.421. The predicted molar refractivity (Wildman–Crippen MR) is 105 cm³/mol. The molecule has 0 aliphatic heterocycles. The van der Waals surface area contributed by atoms with Crippen LogP contribution in [0.5, 0.6) is 0 Å². The number of hydrogen-bond donors (Lipinski definition) is 1. The number of nitrogens with one attached hydrogen (secondary N) is 1. The van der Waals surface area contributed by atoms with Crippen LogP contribution in [-0.2, 0) is 16.4 Å². The summed E-state index contributed by atoms with van der Waals surface area (Å²) in [5.74, 6) is 0.405. The molecule has 1 heterocycles. The van der Waals surface area contributed by atoms with Crippen LogP contribution in [0.4, 0.5) is 11.5 Å². The van der Waals surface area contributed by atoms with E-state index in [1.165, 1.54) is 0 Å². The molecule has 0 aliphatic rings. The third kappa shape index (κ3) is 6.38. The van der Waals surface area contributed by atoms with Crippen molar-refractivity contribution in [3.8, 4) is 0 Å². The standard InChI is InChI=1S/C19H27N3O2S/c1-3-13-22(14-4-2)18-10-11-19(20-16-18)21-25(23,24)15-12-17-8-6-5-7-9-17/h5-11,16H,3-4,12-15H2,1-2H3,(H,20,21). The van der Waals surface area contributed by atoms with Gasteiger partial charge in [0.2, 0.25) is 10.0 Å². The molecule has 2 aromatic rings. The number of hydrogen-bond acceptors (Lipinski definition) is 4. The summed E-state index contributed by atoms with van der Waals surface area (Å²) in [6, 6.07) is 13.3. The van der Waals surface area contributed by atoms with Crippen LogP contribution >= 0.6 is 0 Å². The third-order valence-corrected chi connectivity index (χ3v) is 5.12. The van der Waals surface area contributed by atoms with E-state index in [1.807, 2.05) is 36.4 Å². The lowest BCUT2D eigenvalue weighted by Gasteiger charge is -2.23. The van der Waals surface area contributed by atoms with Crippen LogP contribution in [0.2, 0.25) is 0 Å². The summed E-state index contributed by atoms with van der Waals surface area (Å²) in [5.41, 5.74) is 2.03. The van der Waals surface area contributed by atoms with Crippen LogP contribution < -0.4 is 9.62 Å². The number of sulfonamides is 1. The molecule has 1 N–H and O–H groups in total. The van der Waals surface area contributed by atoms with Gasteiger partial charge in [-0.05, 0) is 37.0 Å². The van der Waals surface area contributed by atoms with E-state index in [-0.39, 0.29) is 5.75 Å². The van der Waals surface area contributed by atoms with Gasteiger partial charge in [0.1, 0.15) is 5.82 Å². The van der Waals surface area contributed by atoms with E-state index in [1.54, 1.807) is 12.3 Å². The molecule has 25 heavy (non-hydrogen) atoms. The van der Waals surface area contributed by atoms with Gasteiger partial charge in [-0.1, -0.05) is 44.2 Å². The maximum atomic E-state index is 12.2. The molecule has 0 unspecified atom stereocenters. The Morgan fingerprint density at radius 3 is 2.24 bits per heavy atom. The average Bonchev–Trinajstić information content (AvgIpc) is 2.61. The zero-order valence-corrected chi connectivity index (χ0v) is 15.8. The smallest absolute Gasteiger partial charge is 0.234 e. The third-order valence-electron chi connectivity index (χ3n) is 3.86. The zero-order valence-electron chi connectivity index (χ0n) is 15.0. The van der Waals surface area contributed by atoms with Crippen molar-refractivity contribution in [2.45, 2.75) is 33.1 Å². The Balaban J connectivity index is 1.97. The van der Waals surface area contributed by atoms with Gasteiger partial charge in [0, 0.05) is 13.1 Å². The highest BCUT2D eigenvalue weighted by molar-refractivity contribution is 7.92. The maximum absolute atomic E-state index is 12.2. The van der Waals surface area contributed by atoms with E-state index < -0.39 is 10.0 Å². The Kier molecular flexibility index (Phi) is 7.25. The molecule has 0 amide bonds. The van der Waals surface area contributed by atoms with E-state index >= 15 is 0 Å². The summed E-state index contributed by atoms with van der Waals surface area (Å²) in [6.07, 6.45) is 4.34. The Morgan fingerprint density at radius 1 is 1.00 bits per heavy atom. The highest BCUT2D eigenvalue weighted by atomic mass is 32.2. The second kappa shape index (κ2) is 9.42. The Hall–Kier alpha value is -2.08. The quantitative estimate of drug-likeness (QED) is 0.701. The second-order valence-electron chi connectivity index (χ2n) is 6.05. The molecule has 1 aromatic heterocycles. The summed E-state index contributed by atoms with van der Waals surface area (Å²) in [5, 5.41) is 0. The van der Waals surface area contributed by atoms with Crippen molar-refractivity contribution in [1.29, 1.82) is 0 Å². The minimum absolute atomic E-state index is 0.0399. The molecule has 0 spiro atoms. The van der Waals surface area contributed by atoms with Crippen LogP contribution in [0, 0.1) is 0 Å². The van der Waals surface area contributed by atoms with E-state index in [0.717, 1.165) is 37.2 Å². The summed E-state index contributed by atoms with van der Waals surface area (Å²) >= 11 is 0. The lowest BCUT2D eigenvalue weighted by molar-refractivity contribution is 0.600. The Bertz CT molecular complexity index is 725. The van der Waals surface area contributed by atoms with Gasteiger partial charge in [0.05, 0.1) is 17.6 Å². The SMILES string of the molecule is CCCN(CCC)c1ccc(NS(=O)(=O)CCc2ccccc2)nc1. The number of nitrogens with zero attached hydrogens (tertiary/aromatic N) is 2. The van der Waals surface area contributed by atoms with Gasteiger partial charge in [-0.15, -0.1) is 0 Å². The van der Waals surface area contributed by atoms with Crippen molar-refractivity contribution in [2.75, 3.05) is 28.5 Å². The first-order valence-corrected chi connectivity index (χ1v) is 10.4. The molecule has 1 aromatic carbocycles. The first-order valence-electron chi connectivity index (χ1n) is 8.79. The van der Waals surface area contributed by atoms with Crippen molar-refractivity contribution in [1.82, 2.24) is 4.98 Å². The maximum Gasteiger partial charge on any atom is 0.234 e. The Labute approximate surface area is 151 Å². The molecule has 0 fully saturated rings. The van der Waals surface area contributed by atoms with Crippen molar-refractivity contribution in [3.63, 3.8) is 0 Å². The summed E-state index contributed by atoms with van der Waals surface area (Å²) in [4.78, 5) is 6.54. The van der Waals surface area contributed by atoms with Crippen molar-refractivity contribution in [2.24, 2.45) is 0 Å². The molecule has 0 saturated heterocycles. The van der Waals surface area contributed by atoms with Crippen LogP contribution in [-0.4, -0.2) is 32.2 Å². The molecule has 0 radical (unpaired) electrons. The molecular weight excluding hydrogens is 334 g/mol. The minimum atomic E-state index is -3.41. The predicted octanol–water partition coefficient (Wildman–Crippen LogP) is 3.69. The molecule has 2 rings (SSSR count). The molecule has 0 aliphatic carbocycles. The molecular formula is C19H27N3O2S. The van der Waals surface area contributed by atoms with E-state index in [4.69, 9.17) is 0 Å². The van der Waals surface area contributed by atoms with Crippen LogP contribution in [0.3, 0.4) is 0 Å². The van der Waals surface area contributed by atoms with E-state index in [9.17, 15) is 8.42 Å². The van der Waals surface area contributed by atoms with Crippen molar-refractivity contribution >= 4 is 21.5 Å². The number of benzene rings is 1. The largest absolute Gasteiger partial charge is 0.370 e. The lowest BCUT2D eigenvalue weighted by atomic mass is 10.2. The van der Waals surface area contributed by atoms with Gasteiger partial charge >= 0.3 is 0 Å². The van der Waals surface area contributed by atoms with Crippen molar-refractivity contribution in [3.05, 3.63) is 54.2 Å². The fourth-order valence-corrected chi connectivity index (χ4v) is 3.70. The summed E-state index contributed by atoms with van der Waals surface area (Å²) in [7, 11) is -3.41. The highest BCUT2D eigenvalue weighted by Crippen LogP contribution is 2.17. The number of anilines is 2. The van der Waals surface area contributed by atoms with Gasteiger partial charge in [-0.3, -0.25) is 4.72 Å². The lowest BCUT2D eigenvalue weighted by Crippen LogP contribution is -2.25. The average molecular weight is 362 g/mol. The van der Waals surface area contributed by atoms with E-state index in [2.05, 4.69) is 28.5 Å². The molecule has 0 saturated carbocycles. The van der Waals surface area contributed by atoms with Crippen LogP contribution in [0.25, 0.3) is 0 Å². The minimum Gasteiger partial charge on any atom is -0.370 e. The van der Waals surface area contributed by atoms with Gasteiger partial charge < -0.3 is 4.90 Å². The number of aromatic nitrogens is 1. The summed E-state index contributed by atoms with van der Waals surface area (Å²) in [6.45, 7) is 6.23. The highest BCUT2D eigenvalue weighted by Gasteiger charge is 2.12. The Morgan fingerprint density at radius 2 is 1.68 bits per heavy atom. The number of aryl methyl sites for hydroxylation is 1. The molecule has 6 heteroatoms. The zero-order chi connectivity index (χ0) is 18.1. The molecule has 0 bridgehead atoms. The van der Waals surface area contributed by atoms with E-state index in [0.29, 0.717) is 12.2 Å². The van der Waals surface area contributed by atoms with Gasteiger partial charge in [0.15, 0.2) is 0 Å². The van der Waals surface area contributed by atoms with Gasteiger partial charge in [-0.2, -0.15) is 0 Å². The summed E-state index contributed by atoms with van der Waals surface area (Å²) < 4.78 is 27.0. The van der Waals surface area contributed by atoms with Crippen LogP contribution in [0.15, 0.2) is 48.7 Å². The fourth-order valence-electron chi connectivity index (χ4n) is 2.65. The van der Waals surface area contributed by atoms with Gasteiger partial charge in [0.25, 0.3) is 0 Å². The molecule has 136 valence electrons. The second-order valence-corrected chi connectivity index (χ2v) is 7.89.